The molecule has 0 aliphatic rings. The lowest BCUT2D eigenvalue weighted by Gasteiger charge is -2.06. The molecule has 3 rings (SSSR count). The van der Waals surface area contributed by atoms with Crippen LogP contribution in [0.4, 0.5) is 0 Å². The lowest BCUT2D eigenvalue weighted by molar-refractivity contribution is 0.0945. The number of carbonyl (C=O) groups excluding carboxylic acids is 1. The smallest absolute Gasteiger partial charge is 0.271 e. The topological polar surface area (TPSA) is 67.8 Å². The Morgan fingerprint density at radius 3 is 2.86 bits per heavy atom. The van der Waals surface area contributed by atoms with Gasteiger partial charge in [-0.25, -0.2) is 4.98 Å². The molecule has 0 bridgehead atoms. The van der Waals surface area contributed by atoms with Gasteiger partial charge in [-0.1, -0.05) is 6.07 Å². The molecule has 6 heteroatoms. The van der Waals surface area contributed by atoms with Crippen LogP contribution in [0.15, 0.2) is 48.2 Å². The SMILES string of the molecule is Cc1cnc(C(=O)NCc2ccnc(-c3cccs3)c2)cn1. The summed E-state index contributed by atoms with van der Waals surface area (Å²) < 4.78 is 0. The Balaban J connectivity index is 1.67. The molecule has 0 spiro atoms. The van der Waals surface area contributed by atoms with Gasteiger partial charge in [0.25, 0.3) is 5.91 Å². The molecule has 0 radical (unpaired) electrons. The third-order valence-electron chi connectivity index (χ3n) is 3.06. The molecule has 0 atom stereocenters. The van der Waals surface area contributed by atoms with Gasteiger partial charge < -0.3 is 5.32 Å². The zero-order valence-electron chi connectivity index (χ0n) is 12.0. The molecule has 0 fully saturated rings. The first kappa shape index (κ1) is 14.3. The van der Waals surface area contributed by atoms with Crippen molar-refractivity contribution in [1.29, 1.82) is 0 Å². The van der Waals surface area contributed by atoms with Crippen LogP contribution in [0.1, 0.15) is 21.7 Å². The fourth-order valence-corrected chi connectivity index (χ4v) is 2.62. The van der Waals surface area contributed by atoms with Crippen molar-refractivity contribution in [3.05, 3.63) is 65.2 Å². The third-order valence-corrected chi connectivity index (χ3v) is 3.96. The molecular weight excluding hydrogens is 296 g/mol. The van der Waals surface area contributed by atoms with Crippen LogP contribution in [0.2, 0.25) is 0 Å². The summed E-state index contributed by atoms with van der Waals surface area (Å²) in [5.41, 5.74) is 3.01. The van der Waals surface area contributed by atoms with Crippen LogP contribution in [-0.2, 0) is 6.54 Å². The van der Waals surface area contributed by atoms with Gasteiger partial charge in [-0.15, -0.1) is 11.3 Å². The van der Waals surface area contributed by atoms with Crippen molar-refractivity contribution in [2.75, 3.05) is 0 Å². The number of aromatic nitrogens is 3. The van der Waals surface area contributed by atoms with Gasteiger partial charge in [-0.3, -0.25) is 14.8 Å². The number of amides is 1. The van der Waals surface area contributed by atoms with Crippen LogP contribution in [0.25, 0.3) is 10.6 Å². The van der Waals surface area contributed by atoms with Gasteiger partial charge in [0, 0.05) is 18.9 Å². The number of hydrogen-bond donors (Lipinski definition) is 1. The van der Waals surface area contributed by atoms with Gasteiger partial charge in [-0.05, 0) is 36.1 Å². The maximum absolute atomic E-state index is 12.0. The Morgan fingerprint density at radius 1 is 1.23 bits per heavy atom. The second-order valence-corrected chi connectivity index (χ2v) is 5.70. The van der Waals surface area contributed by atoms with Gasteiger partial charge in [0.2, 0.25) is 0 Å². The quantitative estimate of drug-likeness (QED) is 0.804. The highest BCUT2D eigenvalue weighted by atomic mass is 32.1. The zero-order valence-corrected chi connectivity index (χ0v) is 12.8. The van der Waals surface area contributed by atoms with E-state index in [2.05, 4.69) is 20.3 Å². The Labute approximate surface area is 132 Å². The standard InChI is InChI=1S/C16H14N4OS/c1-11-8-19-14(10-18-11)16(21)20-9-12-4-5-17-13(7-12)15-3-2-6-22-15/h2-8,10H,9H2,1H3,(H,20,21). The average molecular weight is 310 g/mol. The van der Waals surface area contributed by atoms with Gasteiger partial charge in [0.1, 0.15) is 5.69 Å². The maximum atomic E-state index is 12.0. The molecule has 0 aromatic carbocycles. The minimum Gasteiger partial charge on any atom is -0.347 e. The number of nitrogens with zero attached hydrogens (tertiary/aromatic N) is 3. The summed E-state index contributed by atoms with van der Waals surface area (Å²) in [7, 11) is 0. The van der Waals surface area contributed by atoms with Crippen LogP contribution in [0.5, 0.6) is 0 Å². The molecule has 110 valence electrons. The highest BCUT2D eigenvalue weighted by Gasteiger charge is 2.08. The number of carbonyl (C=O) groups is 1. The summed E-state index contributed by atoms with van der Waals surface area (Å²) in [6, 6.07) is 7.88. The molecular formula is C16H14N4OS. The van der Waals surface area contributed by atoms with Crippen molar-refractivity contribution in [3.8, 4) is 10.6 Å². The second kappa shape index (κ2) is 6.44. The average Bonchev–Trinajstić information content (AvgIpc) is 3.08. The molecule has 22 heavy (non-hydrogen) atoms. The normalized spacial score (nSPS) is 10.4. The summed E-state index contributed by atoms with van der Waals surface area (Å²) in [5, 5.41) is 4.86. The number of rotatable bonds is 4. The Hall–Kier alpha value is -2.60. The van der Waals surface area contributed by atoms with E-state index in [9.17, 15) is 4.79 Å². The van der Waals surface area contributed by atoms with Crippen molar-refractivity contribution < 1.29 is 4.79 Å². The molecule has 1 amide bonds. The van der Waals surface area contributed by atoms with Gasteiger partial charge in [0.15, 0.2) is 0 Å². The fourth-order valence-electron chi connectivity index (χ4n) is 1.93. The molecule has 0 aliphatic carbocycles. The van der Waals surface area contributed by atoms with Crippen LogP contribution < -0.4 is 5.32 Å². The summed E-state index contributed by atoms with van der Waals surface area (Å²) >= 11 is 1.64. The molecule has 0 unspecified atom stereocenters. The first-order valence-corrected chi connectivity index (χ1v) is 7.66. The van der Waals surface area contributed by atoms with E-state index in [0.29, 0.717) is 12.2 Å². The lowest BCUT2D eigenvalue weighted by Crippen LogP contribution is -2.24. The van der Waals surface area contributed by atoms with Crippen LogP contribution in [0.3, 0.4) is 0 Å². The van der Waals surface area contributed by atoms with Gasteiger partial charge in [-0.2, -0.15) is 0 Å². The Kier molecular flexibility index (Phi) is 4.20. The molecule has 1 N–H and O–H groups in total. The van der Waals surface area contributed by atoms with Crippen LogP contribution in [0, 0.1) is 6.92 Å². The van der Waals surface area contributed by atoms with Crippen molar-refractivity contribution in [2.24, 2.45) is 0 Å². The summed E-state index contributed by atoms with van der Waals surface area (Å²) in [4.78, 5) is 25.6. The number of nitrogens with one attached hydrogen (secondary N) is 1. The second-order valence-electron chi connectivity index (χ2n) is 4.75. The van der Waals surface area contributed by atoms with Crippen molar-refractivity contribution in [2.45, 2.75) is 13.5 Å². The van der Waals surface area contributed by atoms with Crippen molar-refractivity contribution in [1.82, 2.24) is 20.3 Å². The molecule has 0 saturated heterocycles. The maximum Gasteiger partial charge on any atom is 0.271 e. The zero-order chi connectivity index (χ0) is 15.4. The Morgan fingerprint density at radius 2 is 2.14 bits per heavy atom. The molecule has 3 aromatic rings. The summed E-state index contributed by atoms with van der Waals surface area (Å²) in [6.45, 7) is 2.26. The molecule has 0 saturated carbocycles. The molecule has 5 nitrogen and oxygen atoms in total. The summed E-state index contributed by atoms with van der Waals surface area (Å²) in [6.07, 6.45) is 4.81. The monoisotopic (exact) mass is 310 g/mol. The van der Waals surface area contributed by atoms with Gasteiger partial charge >= 0.3 is 0 Å². The molecule has 3 heterocycles. The highest BCUT2D eigenvalue weighted by Crippen LogP contribution is 2.22. The van der Waals surface area contributed by atoms with E-state index in [-0.39, 0.29) is 5.91 Å². The van der Waals surface area contributed by atoms with E-state index in [0.717, 1.165) is 21.8 Å². The lowest BCUT2D eigenvalue weighted by atomic mass is 10.2. The van der Waals surface area contributed by atoms with E-state index < -0.39 is 0 Å². The molecule has 0 aliphatic heterocycles. The Bertz CT molecular complexity index is 769. The van der Waals surface area contributed by atoms with Gasteiger partial charge in [0.05, 0.1) is 22.5 Å². The third kappa shape index (κ3) is 3.35. The number of hydrogen-bond acceptors (Lipinski definition) is 5. The number of thiophene rings is 1. The predicted molar refractivity (Wildman–Crippen MR) is 85.5 cm³/mol. The largest absolute Gasteiger partial charge is 0.347 e. The number of aryl methyl sites for hydroxylation is 1. The summed E-state index contributed by atoms with van der Waals surface area (Å²) in [5.74, 6) is -0.234. The first-order valence-electron chi connectivity index (χ1n) is 6.78. The van der Waals surface area contributed by atoms with E-state index >= 15 is 0 Å². The van der Waals surface area contributed by atoms with E-state index in [1.54, 1.807) is 23.7 Å². The van der Waals surface area contributed by atoms with Crippen molar-refractivity contribution >= 4 is 17.2 Å². The first-order chi connectivity index (χ1) is 10.7. The van der Waals surface area contributed by atoms with E-state index in [4.69, 9.17) is 0 Å². The van der Waals surface area contributed by atoms with Crippen LogP contribution in [-0.4, -0.2) is 20.9 Å². The highest BCUT2D eigenvalue weighted by molar-refractivity contribution is 7.13. The van der Waals surface area contributed by atoms with Crippen LogP contribution >= 0.6 is 11.3 Å². The van der Waals surface area contributed by atoms with E-state index in [1.165, 1.54) is 6.20 Å². The predicted octanol–water partition coefficient (Wildman–Crippen LogP) is 2.84. The minimum absolute atomic E-state index is 0.234. The number of pyridine rings is 1. The van der Waals surface area contributed by atoms with Crippen molar-refractivity contribution in [3.63, 3.8) is 0 Å². The fraction of sp³-hybridized carbons (Fsp3) is 0.125. The minimum atomic E-state index is -0.234. The molecule has 3 aromatic heterocycles. The van der Waals surface area contributed by atoms with E-state index in [1.807, 2.05) is 36.6 Å².